The molecule has 1 saturated carbocycles. The fourth-order valence-electron chi connectivity index (χ4n) is 2.78. The van der Waals surface area contributed by atoms with Gasteiger partial charge in [-0.15, -0.1) is 0 Å². The molecule has 1 N–H and O–H groups in total. The lowest BCUT2D eigenvalue weighted by Crippen LogP contribution is -2.19. The Bertz CT molecular complexity index is 557. The Morgan fingerprint density at radius 3 is 2.95 bits per heavy atom. The Morgan fingerprint density at radius 1 is 1.30 bits per heavy atom. The molecule has 0 unspecified atom stereocenters. The fourth-order valence-corrected chi connectivity index (χ4v) is 3.20. The van der Waals surface area contributed by atoms with Gasteiger partial charge in [-0.05, 0) is 55.9 Å². The van der Waals surface area contributed by atoms with Crippen molar-refractivity contribution in [3.05, 3.63) is 36.0 Å². The molecule has 0 aliphatic heterocycles. The number of hydrogen-bond acceptors (Lipinski definition) is 2. The number of aromatic nitrogens is 1. The Balaban J connectivity index is 1.72. The molecule has 0 radical (unpaired) electrons. The number of rotatable bonds is 8. The summed E-state index contributed by atoms with van der Waals surface area (Å²) < 4.78 is 2.44. The van der Waals surface area contributed by atoms with Gasteiger partial charge in [-0.1, -0.05) is 18.2 Å². The number of fused-ring (bicyclic) bond motifs is 1. The average molecular weight is 288 g/mol. The first-order chi connectivity index (χ1) is 9.88. The Labute approximate surface area is 125 Å². The van der Waals surface area contributed by atoms with E-state index in [0.29, 0.717) is 0 Å². The zero-order chi connectivity index (χ0) is 13.8. The first kappa shape index (κ1) is 14.0. The van der Waals surface area contributed by atoms with Crippen molar-refractivity contribution in [2.75, 3.05) is 18.6 Å². The van der Waals surface area contributed by atoms with Crippen molar-refractivity contribution in [1.82, 2.24) is 9.88 Å². The standard InChI is InChI=1S/C17H24N2S/c1-20-12-4-11-19-13-14(9-10-18-15-7-8-15)16-5-2-3-6-17(16)19/h2-3,5-6,13,15,18H,4,7-12H2,1H3. The molecule has 0 atom stereocenters. The highest BCUT2D eigenvalue weighted by Gasteiger charge is 2.19. The monoisotopic (exact) mass is 288 g/mol. The van der Waals surface area contributed by atoms with Gasteiger partial charge in [0.1, 0.15) is 0 Å². The van der Waals surface area contributed by atoms with Crippen molar-refractivity contribution in [3.8, 4) is 0 Å². The van der Waals surface area contributed by atoms with E-state index in [2.05, 4.69) is 46.6 Å². The smallest absolute Gasteiger partial charge is 0.0483 e. The Hall–Kier alpha value is -0.930. The summed E-state index contributed by atoms with van der Waals surface area (Å²) in [7, 11) is 0. The van der Waals surface area contributed by atoms with Crippen LogP contribution in [0.1, 0.15) is 24.8 Å². The molecule has 1 aliphatic carbocycles. The largest absolute Gasteiger partial charge is 0.347 e. The van der Waals surface area contributed by atoms with Crippen LogP contribution in [-0.2, 0) is 13.0 Å². The maximum atomic E-state index is 3.62. The van der Waals surface area contributed by atoms with Crippen molar-refractivity contribution >= 4 is 22.7 Å². The zero-order valence-corrected chi connectivity index (χ0v) is 13.1. The summed E-state index contributed by atoms with van der Waals surface area (Å²) in [6.45, 7) is 2.25. The summed E-state index contributed by atoms with van der Waals surface area (Å²) in [4.78, 5) is 0. The first-order valence-electron chi connectivity index (χ1n) is 7.67. The molecule has 1 aromatic heterocycles. The summed E-state index contributed by atoms with van der Waals surface area (Å²) in [5.41, 5.74) is 2.90. The van der Waals surface area contributed by atoms with E-state index in [1.807, 2.05) is 11.8 Å². The average Bonchev–Trinajstić information content (AvgIpc) is 3.23. The second-order valence-corrected chi connectivity index (χ2v) is 6.68. The van der Waals surface area contributed by atoms with Crippen LogP contribution in [0.15, 0.2) is 30.5 Å². The molecule has 1 fully saturated rings. The van der Waals surface area contributed by atoms with Crippen molar-refractivity contribution in [3.63, 3.8) is 0 Å². The predicted molar refractivity (Wildman–Crippen MR) is 89.7 cm³/mol. The van der Waals surface area contributed by atoms with E-state index in [0.717, 1.165) is 25.6 Å². The van der Waals surface area contributed by atoms with E-state index < -0.39 is 0 Å². The summed E-state index contributed by atoms with van der Waals surface area (Å²) in [6, 6.07) is 9.65. The molecular weight excluding hydrogens is 264 g/mol. The van der Waals surface area contributed by atoms with Gasteiger partial charge in [0, 0.05) is 29.7 Å². The highest BCUT2D eigenvalue weighted by Crippen LogP contribution is 2.23. The third-order valence-electron chi connectivity index (χ3n) is 4.02. The molecule has 1 heterocycles. The van der Waals surface area contributed by atoms with Gasteiger partial charge in [0.05, 0.1) is 0 Å². The number of thioether (sulfide) groups is 1. The van der Waals surface area contributed by atoms with Gasteiger partial charge < -0.3 is 9.88 Å². The maximum Gasteiger partial charge on any atom is 0.0483 e. The molecule has 20 heavy (non-hydrogen) atoms. The Kier molecular flexibility index (Phi) is 4.69. The number of para-hydroxylation sites is 1. The van der Waals surface area contributed by atoms with Gasteiger partial charge in [-0.25, -0.2) is 0 Å². The van der Waals surface area contributed by atoms with Crippen LogP contribution in [0.5, 0.6) is 0 Å². The molecule has 3 heteroatoms. The summed E-state index contributed by atoms with van der Waals surface area (Å²) in [6.07, 6.45) is 9.70. The molecule has 1 aromatic carbocycles. The lowest BCUT2D eigenvalue weighted by Gasteiger charge is -2.03. The maximum absolute atomic E-state index is 3.62. The quantitative estimate of drug-likeness (QED) is 0.746. The van der Waals surface area contributed by atoms with Crippen molar-refractivity contribution in [2.45, 2.75) is 38.3 Å². The third-order valence-corrected chi connectivity index (χ3v) is 4.72. The molecular formula is C17H24N2S. The summed E-state index contributed by atoms with van der Waals surface area (Å²) in [5, 5.41) is 5.06. The molecule has 108 valence electrons. The van der Waals surface area contributed by atoms with Crippen LogP contribution in [0.25, 0.3) is 10.9 Å². The van der Waals surface area contributed by atoms with Crippen molar-refractivity contribution < 1.29 is 0 Å². The first-order valence-corrected chi connectivity index (χ1v) is 9.07. The highest BCUT2D eigenvalue weighted by molar-refractivity contribution is 7.98. The third kappa shape index (κ3) is 3.39. The summed E-state index contributed by atoms with van der Waals surface area (Å²) in [5.74, 6) is 1.24. The second kappa shape index (κ2) is 6.68. The zero-order valence-electron chi connectivity index (χ0n) is 12.3. The highest BCUT2D eigenvalue weighted by atomic mass is 32.2. The van der Waals surface area contributed by atoms with Crippen LogP contribution in [-0.4, -0.2) is 29.2 Å². The van der Waals surface area contributed by atoms with E-state index in [1.165, 1.54) is 41.5 Å². The predicted octanol–water partition coefficient (Wildman–Crippen LogP) is 3.69. The molecule has 0 bridgehead atoms. The minimum absolute atomic E-state index is 0.810. The van der Waals surface area contributed by atoms with E-state index in [1.54, 1.807) is 0 Å². The van der Waals surface area contributed by atoms with E-state index in [4.69, 9.17) is 0 Å². The molecule has 0 spiro atoms. The van der Waals surface area contributed by atoms with Gasteiger partial charge in [0.2, 0.25) is 0 Å². The van der Waals surface area contributed by atoms with E-state index in [9.17, 15) is 0 Å². The number of hydrogen-bond donors (Lipinski definition) is 1. The topological polar surface area (TPSA) is 17.0 Å². The van der Waals surface area contributed by atoms with Crippen molar-refractivity contribution in [1.29, 1.82) is 0 Å². The second-order valence-electron chi connectivity index (χ2n) is 5.69. The normalized spacial score (nSPS) is 15.1. The van der Waals surface area contributed by atoms with E-state index >= 15 is 0 Å². The van der Waals surface area contributed by atoms with Gasteiger partial charge in [0.15, 0.2) is 0 Å². The fraction of sp³-hybridized carbons (Fsp3) is 0.529. The van der Waals surface area contributed by atoms with Crippen molar-refractivity contribution in [2.24, 2.45) is 0 Å². The molecule has 1 aliphatic rings. The van der Waals surface area contributed by atoms with Gasteiger partial charge in [-0.2, -0.15) is 11.8 Å². The number of nitrogens with one attached hydrogen (secondary N) is 1. The number of nitrogens with zero attached hydrogens (tertiary/aromatic N) is 1. The molecule has 0 saturated heterocycles. The number of aryl methyl sites for hydroxylation is 1. The SMILES string of the molecule is CSCCCn1cc(CCNC2CC2)c2ccccc21. The van der Waals surface area contributed by atoms with Crippen LogP contribution in [0, 0.1) is 0 Å². The summed E-state index contributed by atoms with van der Waals surface area (Å²) >= 11 is 1.93. The minimum atomic E-state index is 0.810. The van der Waals surface area contributed by atoms with Crippen LogP contribution >= 0.6 is 11.8 Å². The van der Waals surface area contributed by atoms with Gasteiger partial charge in [-0.3, -0.25) is 0 Å². The Morgan fingerprint density at radius 2 is 2.15 bits per heavy atom. The minimum Gasteiger partial charge on any atom is -0.347 e. The molecule has 3 rings (SSSR count). The molecule has 0 amide bonds. The van der Waals surface area contributed by atoms with Crippen LogP contribution in [0.2, 0.25) is 0 Å². The number of benzene rings is 1. The lowest BCUT2D eigenvalue weighted by atomic mass is 10.1. The van der Waals surface area contributed by atoms with E-state index in [-0.39, 0.29) is 0 Å². The van der Waals surface area contributed by atoms with Crippen LogP contribution < -0.4 is 5.32 Å². The van der Waals surface area contributed by atoms with Gasteiger partial charge in [0.25, 0.3) is 0 Å². The molecule has 2 nitrogen and oxygen atoms in total. The van der Waals surface area contributed by atoms with Crippen LogP contribution in [0.3, 0.4) is 0 Å². The molecule has 2 aromatic rings. The lowest BCUT2D eigenvalue weighted by molar-refractivity contribution is 0.676. The van der Waals surface area contributed by atoms with Crippen LogP contribution in [0.4, 0.5) is 0 Å². The van der Waals surface area contributed by atoms with Gasteiger partial charge >= 0.3 is 0 Å².